The zero-order valence-electron chi connectivity index (χ0n) is 13.1. The van der Waals surface area contributed by atoms with Crippen LogP contribution in [-0.4, -0.2) is 19.6 Å². The largest absolute Gasteiger partial charge is 0.495 e. The maximum atomic E-state index is 12.0. The highest BCUT2D eigenvalue weighted by molar-refractivity contribution is 5.94. The van der Waals surface area contributed by atoms with Crippen molar-refractivity contribution < 1.29 is 9.53 Å². The first-order valence-electron chi connectivity index (χ1n) is 7.09. The Morgan fingerprint density at radius 3 is 2.64 bits per heavy atom. The lowest BCUT2D eigenvalue weighted by Gasteiger charge is -2.05. The zero-order chi connectivity index (χ0) is 15.9. The van der Waals surface area contributed by atoms with E-state index in [4.69, 9.17) is 4.74 Å². The Balaban J connectivity index is 1.98. The van der Waals surface area contributed by atoms with Crippen molar-refractivity contribution in [1.29, 1.82) is 0 Å². The molecule has 22 heavy (non-hydrogen) atoms. The van der Waals surface area contributed by atoms with Gasteiger partial charge in [-0.1, -0.05) is 30.0 Å². The van der Waals surface area contributed by atoms with Crippen LogP contribution in [0.1, 0.15) is 27.0 Å². The number of rotatable bonds is 3. The lowest BCUT2D eigenvalue weighted by atomic mass is 10.1. The van der Waals surface area contributed by atoms with Gasteiger partial charge in [0, 0.05) is 5.56 Å². The molecule has 0 aromatic heterocycles. The summed E-state index contributed by atoms with van der Waals surface area (Å²) in [6.45, 7) is 4.31. The van der Waals surface area contributed by atoms with Gasteiger partial charge >= 0.3 is 0 Å². The number of aryl methyl sites for hydroxylation is 2. The Hall–Kier alpha value is -2.73. The average molecular weight is 293 g/mol. The lowest BCUT2D eigenvalue weighted by Crippen LogP contribution is -2.23. The third-order valence-electron chi connectivity index (χ3n) is 3.44. The molecule has 2 aromatic carbocycles. The number of nitrogens with one attached hydrogen (secondary N) is 1. The first-order valence-corrected chi connectivity index (χ1v) is 7.09. The number of para-hydroxylation sites is 1. The van der Waals surface area contributed by atoms with E-state index in [0.717, 1.165) is 16.9 Å². The Kier molecular flexibility index (Phi) is 5.21. The molecule has 0 bridgehead atoms. The Labute approximate surface area is 131 Å². The van der Waals surface area contributed by atoms with Crippen LogP contribution < -0.4 is 10.1 Å². The molecule has 0 unspecified atom stereocenters. The van der Waals surface area contributed by atoms with Crippen molar-refractivity contribution in [2.45, 2.75) is 13.8 Å². The van der Waals surface area contributed by atoms with E-state index in [-0.39, 0.29) is 5.91 Å². The summed E-state index contributed by atoms with van der Waals surface area (Å²) in [5, 5.41) is 2.80. The van der Waals surface area contributed by atoms with E-state index in [1.54, 1.807) is 7.11 Å². The van der Waals surface area contributed by atoms with Gasteiger partial charge in [0.05, 0.1) is 19.2 Å². The molecule has 1 N–H and O–H groups in total. The van der Waals surface area contributed by atoms with Gasteiger partial charge in [0.25, 0.3) is 5.91 Å². The maximum absolute atomic E-state index is 12.0. The van der Waals surface area contributed by atoms with Crippen LogP contribution in [0.15, 0.2) is 42.5 Å². The SMILES string of the molecule is COc1ccccc1C#CCNC(=O)c1ccc(C)c(C)c1. The first-order chi connectivity index (χ1) is 10.6. The third-order valence-corrected chi connectivity index (χ3v) is 3.44. The summed E-state index contributed by atoms with van der Waals surface area (Å²) in [7, 11) is 1.61. The smallest absolute Gasteiger partial charge is 0.252 e. The standard InChI is InChI=1S/C19H19NO2/c1-14-10-11-17(13-15(14)2)19(21)20-12-6-8-16-7-4-5-9-18(16)22-3/h4-5,7,9-11,13H,12H2,1-3H3,(H,20,21). The fraction of sp³-hybridized carbons (Fsp3) is 0.211. The molecule has 112 valence electrons. The molecular formula is C19H19NO2. The topological polar surface area (TPSA) is 38.3 Å². The maximum Gasteiger partial charge on any atom is 0.252 e. The second-order valence-electron chi connectivity index (χ2n) is 4.98. The van der Waals surface area contributed by atoms with Crippen molar-refractivity contribution in [1.82, 2.24) is 5.32 Å². The van der Waals surface area contributed by atoms with Crippen molar-refractivity contribution >= 4 is 5.91 Å². The summed E-state index contributed by atoms with van der Waals surface area (Å²) in [6.07, 6.45) is 0. The molecule has 0 radical (unpaired) electrons. The van der Waals surface area contributed by atoms with Crippen LogP contribution in [0.5, 0.6) is 5.75 Å². The summed E-state index contributed by atoms with van der Waals surface area (Å²) in [5.41, 5.74) is 3.74. The highest BCUT2D eigenvalue weighted by Crippen LogP contribution is 2.15. The molecule has 0 heterocycles. The van der Waals surface area contributed by atoms with Gasteiger partial charge in [0.2, 0.25) is 0 Å². The molecule has 0 saturated carbocycles. The average Bonchev–Trinajstić information content (AvgIpc) is 2.54. The molecule has 0 aliphatic heterocycles. The number of hydrogen-bond donors (Lipinski definition) is 1. The minimum absolute atomic E-state index is 0.113. The molecule has 3 heteroatoms. The number of methoxy groups -OCH3 is 1. The van der Waals surface area contributed by atoms with E-state index in [0.29, 0.717) is 12.1 Å². The summed E-state index contributed by atoms with van der Waals surface area (Å²) in [6, 6.07) is 13.2. The highest BCUT2D eigenvalue weighted by Gasteiger charge is 2.05. The molecule has 0 fully saturated rings. The van der Waals surface area contributed by atoms with Crippen LogP contribution in [0.2, 0.25) is 0 Å². The van der Waals surface area contributed by atoms with E-state index in [2.05, 4.69) is 17.2 Å². The second kappa shape index (κ2) is 7.33. The number of carbonyl (C=O) groups is 1. The Morgan fingerprint density at radius 1 is 1.14 bits per heavy atom. The Morgan fingerprint density at radius 2 is 1.91 bits per heavy atom. The van der Waals surface area contributed by atoms with Gasteiger partial charge in [-0.05, 0) is 49.2 Å². The molecule has 2 rings (SSSR count). The zero-order valence-corrected chi connectivity index (χ0v) is 13.1. The molecule has 0 aliphatic carbocycles. The van der Waals surface area contributed by atoms with E-state index in [1.165, 1.54) is 5.56 Å². The van der Waals surface area contributed by atoms with Gasteiger partial charge in [-0.15, -0.1) is 0 Å². The van der Waals surface area contributed by atoms with E-state index in [1.807, 2.05) is 56.3 Å². The van der Waals surface area contributed by atoms with Crippen molar-refractivity contribution in [2.24, 2.45) is 0 Å². The van der Waals surface area contributed by atoms with Gasteiger partial charge in [-0.25, -0.2) is 0 Å². The molecule has 0 saturated heterocycles. The quantitative estimate of drug-likeness (QED) is 0.883. The van der Waals surface area contributed by atoms with Crippen molar-refractivity contribution in [3.63, 3.8) is 0 Å². The molecule has 0 spiro atoms. The van der Waals surface area contributed by atoms with Crippen LogP contribution in [0, 0.1) is 25.7 Å². The van der Waals surface area contributed by atoms with Crippen LogP contribution in [-0.2, 0) is 0 Å². The number of amides is 1. The number of ether oxygens (including phenoxy) is 1. The summed E-state index contributed by atoms with van der Waals surface area (Å²) < 4.78 is 5.23. The van der Waals surface area contributed by atoms with Crippen LogP contribution in [0.25, 0.3) is 0 Å². The van der Waals surface area contributed by atoms with Crippen LogP contribution >= 0.6 is 0 Å². The third kappa shape index (κ3) is 3.89. The molecule has 3 nitrogen and oxygen atoms in total. The summed E-state index contributed by atoms with van der Waals surface area (Å²) in [5.74, 6) is 6.56. The fourth-order valence-electron chi connectivity index (χ4n) is 2.00. The lowest BCUT2D eigenvalue weighted by molar-refractivity contribution is 0.0958. The molecule has 0 aliphatic rings. The monoisotopic (exact) mass is 293 g/mol. The number of benzene rings is 2. The van der Waals surface area contributed by atoms with Gasteiger partial charge in [-0.2, -0.15) is 0 Å². The molecule has 0 atom stereocenters. The number of hydrogen-bond acceptors (Lipinski definition) is 2. The van der Waals surface area contributed by atoms with Crippen molar-refractivity contribution in [2.75, 3.05) is 13.7 Å². The highest BCUT2D eigenvalue weighted by atomic mass is 16.5. The Bertz CT molecular complexity index is 739. The minimum atomic E-state index is -0.113. The first kappa shape index (κ1) is 15.7. The van der Waals surface area contributed by atoms with Gasteiger partial charge in [0.15, 0.2) is 0 Å². The van der Waals surface area contributed by atoms with Gasteiger partial charge < -0.3 is 10.1 Å². The van der Waals surface area contributed by atoms with Crippen molar-refractivity contribution in [3.05, 3.63) is 64.7 Å². The van der Waals surface area contributed by atoms with Gasteiger partial charge in [-0.3, -0.25) is 4.79 Å². The fourth-order valence-corrected chi connectivity index (χ4v) is 2.00. The van der Waals surface area contributed by atoms with E-state index >= 15 is 0 Å². The number of carbonyl (C=O) groups excluding carboxylic acids is 1. The van der Waals surface area contributed by atoms with E-state index in [9.17, 15) is 4.79 Å². The predicted octanol–water partition coefficient (Wildman–Crippen LogP) is 3.09. The molecule has 1 amide bonds. The predicted molar refractivity (Wildman–Crippen MR) is 88.1 cm³/mol. The van der Waals surface area contributed by atoms with Crippen LogP contribution in [0.4, 0.5) is 0 Å². The molecular weight excluding hydrogens is 274 g/mol. The molecule has 2 aromatic rings. The normalized spacial score (nSPS) is 9.59. The van der Waals surface area contributed by atoms with Gasteiger partial charge in [0.1, 0.15) is 5.75 Å². The summed E-state index contributed by atoms with van der Waals surface area (Å²) in [4.78, 5) is 12.0. The van der Waals surface area contributed by atoms with Crippen molar-refractivity contribution in [3.8, 4) is 17.6 Å². The van der Waals surface area contributed by atoms with E-state index < -0.39 is 0 Å². The summed E-state index contributed by atoms with van der Waals surface area (Å²) >= 11 is 0. The van der Waals surface area contributed by atoms with Crippen LogP contribution in [0.3, 0.4) is 0 Å². The minimum Gasteiger partial charge on any atom is -0.495 e. The second-order valence-corrected chi connectivity index (χ2v) is 4.98.